The number of fused-ring (bicyclic) bond motifs is 1. The molecule has 2 amide bonds. The third-order valence-corrected chi connectivity index (χ3v) is 4.55. The van der Waals surface area contributed by atoms with Crippen LogP contribution in [0.4, 0.5) is 23.7 Å². The molecule has 0 radical (unpaired) electrons. The summed E-state index contributed by atoms with van der Waals surface area (Å²) in [5, 5.41) is 2.42. The summed E-state index contributed by atoms with van der Waals surface area (Å²) in [5.41, 5.74) is 1.04. The Bertz CT molecular complexity index is 827. The molecule has 3 rings (SSSR count). The van der Waals surface area contributed by atoms with Gasteiger partial charge in [-0.3, -0.25) is 0 Å². The van der Waals surface area contributed by atoms with E-state index in [2.05, 4.69) is 10.3 Å². The van der Waals surface area contributed by atoms with E-state index < -0.39 is 22.8 Å². The van der Waals surface area contributed by atoms with Crippen molar-refractivity contribution >= 4 is 34.9 Å². The van der Waals surface area contributed by atoms with Gasteiger partial charge in [-0.2, -0.15) is 13.2 Å². The fourth-order valence-corrected chi connectivity index (χ4v) is 3.15. The number of rotatable bonds is 1. The van der Waals surface area contributed by atoms with Crippen LogP contribution in [0, 0.1) is 0 Å². The highest BCUT2D eigenvalue weighted by Crippen LogP contribution is 2.36. The van der Waals surface area contributed by atoms with Crippen LogP contribution >= 0.6 is 23.2 Å². The van der Waals surface area contributed by atoms with E-state index in [-0.39, 0.29) is 12.2 Å². The lowest BCUT2D eigenvalue weighted by molar-refractivity contribution is -0.137. The minimum Gasteiger partial charge on any atom is -0.320 e. The van der Waals surface area contributed by atoms with Gasteiger partial charge in [-0.15, -0.1) is 0 Å². The lowest BCUT2D eigenvalue weighted by atomic mass is 10.0. The van der Waals surface area contributed by atoms with E-state index in [1.54, 1.807) is 6.20 Å². The molecule has 4 nitrogen and oxygen atoms in total. The number of amides is 2. The number of carbonyl (C=O) groups excluding carboxylic acids is 1. The summed E-state index contributed by atoms with van der Waals surface area (Å²) in [6.07, 6.45) is -2.31. The van der Waals surface area contributed by atoms with Gasteiger partial charge in [-0.05, 0) is 36.2 Å². The molecule has 0 spiro atoms. The zero-order chi connectivity index (χ0) is 18.2. The number of alkyl halides is 3. The lowest BCUT2D eigenvalue weighted by Crippen LogP contribution is -2.39. The van der Waals surface area contributed by atoms with Crippen molar-refractivity contribution in [1.29, 1.82) is 0 Å². The summed E-state index contributed by atoms with van der Waals surface area (Å²) < 4.78 is 38.1. The predicted molar refractivity (Wildman–Crippen MR) is 88.8 cm³/mol. The van der Waals surface area contributed by atoms with Crippen LogP contribution in [-0.2, 0) is 19.1 Å². The zero-order valence-corrected chi connectivity index (χ0v) is 14.2. The van der Waals surface area contributed by atoms with Gasteiger partial charge in [0.2, 0.25) is 0 Å². The Morgan fingerprint density at radius 1 is 1.24 bits per heavy atom. The van der Waals surface area contributed by atoms with Gasteiger partial charge in [0.25, 0.3) is 0 Å². The van der Waals surface area contributed by atoms with Crippen LogP contribution in [-0.4, -0.2) is 22.5 Å². The van der Waals surface area contributed by atoms with Gasteiger partial charge < -0.3 is 10.2 Å². The van der Waals surface area contributed by atoms with Crippen LogP contribution in [0.3, 0.4) is 0 Å². The van der Waals surface area contributed by atoms with E-state index in [9.17, 15) is 18.0 Å². The lowest BCUT2D eigenvalue weighted by Gasteiger charge is -2.29. The molecule has 2 heterocycles. The van der Waals surface area contributed by atoms with E-state index in [1.165, 1.54) is 11.0 Å². The molecule has 132 valence electrons. The number of anilines is 1. The number of urea groups is 1. The predicted octanol–water partition coefficient (Wildman–Crippen LogP) is 5.00. The highest BCUT2D eigenvalue weighted by atomic mass is 35.5. The molecule has 1 aliphatic rings. The molecule has 0 atom stereocenters. The average molecular weight is 390 g/mol. The van der Waals surface area contributed by atoms with Gasteiger partial charge in [0.1, 0.15) is 5.15 Å². The summed E-state index contributed by atoms with van der Waals surface area (Å²) >= 11 is 11.7. The monoisotopic (exact) mass is 389 g/mol. The highest BCUT2D eigenvalue weighted by molar-refractivity contribution is 6.31. The molecular weight excluding hydrogens is 378 g/mol. The van der Waals surface area contributed by atoms with E-state index in [0.29, 0.717) is 18.1 Å². The third-order valence-electron chi connectivity index (χ3n) is 3.91. The number of hydrogen-bond acceptors (Lipinski definition) is 2. The molecule has 2 aromatic rings. The smallest absolute Gasteiger partial charge is 0.320 e. The van der Waals surface area contributed by atoms with Gasteiger partial charge in [0, 0.05) is 24.0 Å². The second-order valence-electron chi connectivity index (χ2n) is 5.53. The second kappa shape index (κ2) is 6.72. The molecule has 0 saturated carbocycles. The first-order chi connectivity index (χ1) is 11.8. The molecule has 1 aliphatic heterocycles. The SMILES string of the molecule is O=C(Nc1ccc(C(F)(F)F)c(Cl)c1)N1CCc2ccnc(Cl)c2C1. The van der Waals surface area contributed by atoms with Crippen LogP contribution in [0.15, 0.2) is 30.5 Å². The van der Waals surface area contributed by atoms with Gasteiger partial charge in [-0.25, -0.2) is 9.78 Å². The fourth-order valence-electron chi connectivity index (χ4n) is 2.63. The second-order valence-corrected chi connectivity index (χ2v) is 6.30. The molecule has 9 heteroatoms. The van der Waals surface area contributed by atoms with Crippen LogP contribution in [0.25, 0.3) is 0 Å². The Labute approximate surface area is 151 Å². The fraction of sp³-hybridized carbons (Fsp3) is 0.250. The van der Waals surface area contributed by atoms with Gasteiger partial charge >= 0.3 is 12.2 Å². The number of aromatic nitrogens is 1. The number of nitrogens with zero attached hydrogens (tertiary/aromatic N) is 2. The maximum absolute atomic E-state index is 12.7. The molecule has 1 aromatic heterocycles. The number of hydrogen-bond donors (Lipinski definition) is 1. The normalized spacial score (nSPS) is 14.2. The number of nitrogens with one attached hydrogen (secondary N) is 1. The summed E-state index contributed by atoms with van der Waals surface area (Å²) in [6.45, 7) is 0.746. The average Bonchev–Trinajstić information content (AvgIpc) is 2.53. The maximum Gasteiger partial charge on any atom is 0.417 e. The van der Waals surface area contributed by atoms with Crippen molar-refractivity contribution in [3.63, 3.8) is 0 Å². The molecular formula is C16H12Cl2F3N3O. The minimum atomic E-state index is -4.54. The summed E-state index contributed by atoms with van der Waals surface area (Å²) in [7, 11) is 0. The molecule has 0 fully saturated rings. The van der Waals surface area contributed by atoms with Crippen molar-refractivity contribution in [2.24, 2.45) is 0 Å². The Morgan fingerprint density at radius 2 is 2.00 bits per heavy atom. The maximum atomic E-state index is 12.7. The molecule has 1 aromatic carbocycles. The molecule has 0 saturated heterocycles. The topological polar surface area (TPSA) is 45.2 Å². The van der Waals surface area contributed by atoms with E-state index >= 15 is 0 Å². The Kier molecular flexibility index (Phi) is 4.79. The van der Waals surface area contributed by atoms with Crippen molar-refractivity contribution in [3.05, 3.63) is 57.3 Å². The number of benzene rings is 1. The minimum absolute atomic E-state index is 0.186. The molecule has 1 N–H and O–H groups in total. The van der Waals surface area contributed by atoms with Crippen molar-refractivity contribution in [2.75, 3.05) is 11.9 Å². The quantitative estimate of drug-likeness (QED) is 0.697. The number of carbonyl (C=O) groups is 1. The van der Waals surface area contributed by atoms with Crippen molar-refractivity contribution in [2.45, 2.75) is 19.1 Å². The van der Waals surface area contributed by atoms with Gasteiger partial charge in [-0.1, -0.05) is 23.2 Å². The summed E-state index contributed by atoms with van der Waals surface area (Å²) in [4.78, 5) is 17.9. The highest BCUT2D eigenvalue weighted by Gasteiger charge is 2.33. The third kappa shape index (κ3) is 3.82. The van der Waals surface area contributed by atoms with Crippen LogP contribution in [0.1, 0.15) is 16.7 Å². The van der Waals surface area contributed by atoms with Gasteiger partial charge in [0.15, 0.2) is 0 Å². The number of halogens is 5. The number of pyridine rings is 1. The first-order valence-corrected chi connectivity index (χ1v) is 8.06. The summed E-state index contributed by atoms with van der Waals surface area (Å²) in [6, 6.07) is 4.49. The van der Waals surface area contributed by atoms with Crippen LogP contribution in [0.2, 0.25) is 10.2 Å². The van der Waals surface area contributed by atoms with Crippen LogP contribution in [0.5, 0.6) is 0 Å². The van der Waals surface area contributed by atoms with Crippen molar-refractivity contribution in [1.82, 2.24) is 9.88 Å². The van der Waals surface area contributed by atoms with E-state index in [1.807, 2.05) is 6.07 Å². The molecule has 0 aliphatic carbocycles. The molecule has 25 heavy (non-hydrogen) atoms. The Hall–Kier alpha value is -1.99. The first kappa shape index (κ1) is 17.8. The van der Waals surface area contributed by atoms with Crippen LogP contribution < -0.4 is 5.32 Å². The molecule has 0 bridgehead atoms. The Morgan fingerprint density at radius 3 is 2.68 bits per heavy atom. The largest absolute Gasteiger partial charge is 0.417 e. The van der Waals surface area contributed by atoms with E-state index in [4.69, 9.17) is 23.2 Å². The standard InChI is InChI=1S/C16H12Cl2F3N3O/c17-13-7-10(1-2-12(13)16(19,20)21)23-15(25)24-6-4-9-3-5-22-14(18)11(9)8-24/h1-3,5,7H,4,6,8H2,(H,23,25). The van der Waals surface area contributed by atoms with Gasteiger partial charge in [0.05, 0.1) is 17.1 Å². The summed E-state index contributed by atoms with van der Waals surface area (Å²) in [5.74, 6) is 0. The molecule has 0 unspecified atom stereocenters. The Balaban J connectivity index is 1.73. The first-order valence-electron chi connectivity index (χ1n) is 7.30. The van der Waals surface area contributed by atoms with Crippen molar-refractivity contribution in [3.8, 4) is 0 Å². The zero-order valence-electron chi connectivity index (χ0n) is 12.7. The van der Waals surface area contributed by atoms with Crippen molar-refractivity contribution < 1.29 is 18.0 Å². The van der Waals surface area contributed by atoms with E-state index in [0.717, 1.165) is 23.3 Å².